The Balaban J connectivity index is 2.03. The molecular weight excluding hydrogens is 286 g/mol. The number of hydrogen-bond donors (Lipinski definition) is 0. The maximum Gasteiger partial charge on any atom is 0.119 e. The maximum absolute atomic E-state index is 11.0. The number of rotatable bonds is 13. The second-order valence-corrected chi connectivity index (χ2v) is 8.11. The Kier molecular flexibility index (Phi) is 10.6. The van der Waals surface area contributed by atoms with Crippen LogP contribution in [0.15, 0.2) is 0 Å². The smallest absolute Gasteiger partial charge is 0.119 e. The first-order valence-corrected chi connectivity index (χ1v) is 10.1. The summed E-state index contributed by atoms with van der Waals surface area (Å²) in [6.07, 6.45) is 15.7. The van der Waals surface area contributed by atoms with E-state index in [1.54, 1.807) is 0 Å². The third kappa shape index (κ3) is 10.0. The summed E-state index contributed by atoms with van der Waals surface area (Å²) in [6.45, 7) is 7.97. The molecule has 136 valence electrons. The highest BCUT2D eigenvalue weighted by atomic mass is 16.4. The van der Waals surface area contributed by atoms with E-state index in [1.807, 2.05) is 0 Å². The van der Waals surface area contributed by atoms with Crippen LogP contribution in [0.25, 0.3) is 0 Å². The van der Waals surface area contributed by atoms with Crippen molar-refractivity contribution in [2.45, 2.75) is 90.9 Å². The lowest BCUT2D eigenvalue weighted by atomic mass is 10.0. The highest BCUT2D eigenvalue weighted by Gasteiger charge is 2.29. The monoisotopic (exact) mass is 325 g/mol. The molecule has 0 spiro atoms. The lowest BCUT2D eigenvalue weighted by Gasteiger charge is -2.42. The Morgan fingerprint density at radius 2 is 1.39 bits per heavy atom. The summed E-state index contributed by atoms with van der Waals surface area (Å²) in [5.41, 5.74) is 0. The Morgan fingerprint density at radius 1 is 0.870 bits per heavy atom. The van der Waals surface area contributed by atoms with Gasteiger partial charge in [0.15, 0.2) is 0 Å². The number of hydrogen-bond acceptors (Lipinski definition) is 2. The number of carboxylic acid groups (broad SMARTS) is 1. The fourth-order valence-corrected chi connectivity index (χ4v) is 3.98. The molecule has 0 saturated carbocycles. The number of carbonyl (C=O) groups is 1. The number of likely N-dealkylation sites (tertiary alicyclic amines) is 1. The first-order chi connectivity index (χ1) is 11.0. The quantitative estimate of drug-likeness (QED) is 0.380. The molecule has 3 nitrogen and oxygen atoms in total. The van der Waals surface area contributed by atoms with E-state index in [2.05, 4.69) is 13.8 Å². The molecular formula is C20H39NO2. The summed E-state index contributed by atoms with van der Waals surface area (Å²) < 4.78 is 0.789. The minimum Gasteiger partial charge on any atom is -0.544 e. The minimum absolute atomic E-state index is 0.232. The van der Waals surface area contributed by atoms with Gasteiger partial charge in [0.05, 0.1) is 25.6 Å². The average molecular weight is 326 g/mol. The molecule has 0 atom stereocenters. The molecule has 1 saturated heterocycles. The highest BCUT2D eigenvalue weighted by Crippen LogP contribution is 2.20. The number of piperidine rings is 1. The van der Waals surface area contributed by atoms with Crippen LogP contribution in [0.3, 0.4) is 0 Å². The van der Waals surface area contributed by atoms with Crippen molar-refractivity contribution in [2.75, 3.05) is 26.2 Å². The summed E-state index contributed by atoms with van der Waals surface area (Å²) in [7, 11) is 0. The summed E-state index contributed by atoms with van der Waals surface area (Å²) >= 11 is 0. The SMILES string of the molecule is CC(C)CCCCCCCCCC[N+]1(CC(=O)[O-])CCCCC1. The molecule has 0 radical (unpaired) electrons. The summed E-state index contributed by atoms with van der Waals surface area (Å²) in [5, 5.41) is 11.0. The topological polar surface area (TPSA) is 40.1 Å². The van der Waals surface area contributed by atoms with E-state index in [-0.39, 0.29) is 6.54 Å². The van der Waals surface area contributed by atoms with Gasteiger partial charge in [0.25, 0.3) is 0 Å². The largest absolute Gasteiger partial charge is 0.544 e. The van der Waals surface area contributed by atoms with Crippen LogP contribution in [0.4, 0.5) is 0 Å². The van der Waals surface area contributed by atoms with E-state index in [1.165, 1.54) is 77.0 Å². The second-order valence-electron chi connectivity index (χ2n) is 8.11. The van der Waals surface area contributed by atoms with Gasteiger partial charge in [-0.1, -0.05) is 58.8 Å². The van der Waals surface area contributed by atoms with Gasteiger partial charge < -0.3 is 14.4 Å². The molecule has 1 heterocycles. The first-order valence-electron chi connectivity index (χ1n) is 10.1. The van der Waals surface area contributed by atoms with Gasteiger partial charge in [-0.25, -0.2) is 0 Å². The number of unbranched alkanes of at least 4 members (excludes halogenated alkanes) is 7. The van der Waals surface area contributed by atoms with Crippen LogP contribution in [0, 0.1) is 5.92 Å². The van der Waals surface area contributed by atoms with Gasteiger partial charge in [0, 0.05) is 0 Å². The maximum atomic E-state index is 11.0. The molecule has 1 aliphatic heterocycles. The molecule has 0 aromatic heterocycles. The molecule has 0 aliphatic carbocycles. The van der Waals surface area contributed by atoms with E-state index >= 15 is 0 Å². The predicted molar refractivity (Wildman–Crippen MR) is 95.0 cm³/mol. The van der Waals surface area contributed by atoms with Crippen molar-refractivity contribution < 1.29 is 14.4 Å². The lowest BCUT2D eigenvalue weighted by Crippen LogP contribution is -2.57. The normalized spacial score (nSPS) is 17.5. The molecule has 0 N–H and O–H groups in total. The van der Waals surface area contributed by atoms with Crippen LogP contribution in [0.5, 0.6) is 0 Å². The van der Waals surface area contributed by atoms with Crippen molar-refractivity contribution in [1.82, 2.24) is 0 Å². The van der Waals surface area contributed by atoms with Gasteiger partial charge in [-0.05, 0) is 38.0 Å². The van der Waals surface area contributed by atoms with E-state index in [0.717, 1.165) is 30.0 Å². The van der Waals surface area contributed by atoms with E-state index in [4.69, 9.17) is 0 Å². The van der Waals surface area contributed by atoms with Crippen LogP contribution >= 0.6 is 0 Å². The molecule has 1 aliphatic rings. The van der Waals surface area contributed by atoms with Crippen LogP contribution in [-0.2, 0) is 4.79 Å². The average Bonchev–Trinajstić information content (AvgIpc) is 2.49. The number of aliphatic carboxylic acids is 1. The van der Waals surface area contributed by atoms with Crippen LogP contribution < -0.4 is 5.11 Å². The molecule has 1 rings (SSSR count). The molecule has 1 fully saturated rings. The van der Waals surface area contributed by atoms with Crippen molar-refractivity contribution in [2.24, 2.45) is 5.92 Å². The fraction of sp³-hybridized carbons (Fsp3) is 0.950. The zero-order valence-corrected chi connectivity index (χ0v) is 15.7. The van der Waals surface area contributed by atoms with Crippen molar-refractivity contribution in [1.29, 1.82) is 0 Å². The molecule has 23 heavy (non-hydrogen) atoms. The van der Waals surface area contributed by atoms with Gasteiger partial charge in [-0.2, -0.15) is 0 Å². The fourth-order valence-electron chi connectivity index (χ4n) is 3.98. The van der Waals surface area contributed by atoms with Crippen LogP contribution in [-0.4, -0.2) is 36.6 Å². The minimum atomic E-state index is -0.867. The summed E-state index contributed by atoms with van der Waals surface area (Å²) in [5.74, 6) is -0.0190. The molecule has 0 unspecified atom stereocenters. The van der Waals surface area contributed by atoms with Gasteiger partial charge >= 0.3 is 0 Å². The molecule has 0 bridgehead atoms. The number of quaternary nitrogens is 1. The van der Waals surface area contributed by atoms with Gasteiger partial charge in [-0.15, -0.1) is 0 Å². The molecule has 0 aromatic carbocycles. The summed E-state index contributed by atoms with van der Waals surface area (Å²) in [4.78, 5) is 11.0. The highest BCUT2D eigenvalue weighted by molar-refractivity contribution is 5.65. The Morgan fingerprint density at radius 3 is 1.91 bits per heavy atom. The van der Waals surface area contributed by atoms with Gasteiger partial charge in [0.1, 0.15) is 6.54 Å². The zero-order valence-electron chi connectivity index (χ0n) is 15.7. The van der Waals surface area contributed by atoms with E-state index in [9.17, 15) is 9.90 Å². The van der Waals surface area contributed by atoms with Crippen molar-refractivity contribution >= 4 is 5.97 Å². The van der Waals surface area contributed by atoms with Crippen LogP contribution in [0.1, 0.15) is 90.9 Å². The Labute approximate surface area is 144 Å². The summed E-state index contributed by atoms with van der Waals surface area (Å²) in [6, 6.07) is 0. The number of carboxylic acids is 1. The Bertz CT molecular complexity index is 309. The first kappa shape index (κ1) is 20.5. The van der Waals surface area contributed by atoms with Crippen molar-refractivity contribution in [3.05, 3.63) is 0 Å². The van der Waals surface area contributed by atoms with Crippen LogP contribution in [0.2, 0.25) is 0 Å². The molecule has 0 aromatic rings. The third-order valence-electron chi connectivity index (χ3n) is 5.39. The zero-order chi connectivity index (χ0) is 17.0. The predicted octanol–water partition coefficient (Wildman–Crippen LogP) is 3.90. The Hall–Kier alpha value is -0.570. The number of nitrogens with zero attached hydrogens (tertiary/aromatic N) is 1. The second kappa shape index (κ2) is 11.9. The third-order valence-corrected chi connectivity index (χ3v) is 5.39. The molecule has 0 amide bonds. The van der Waals surface area contributed by atoms with E-state index in [0.29, 0.717) is 0 Å². The van der Waals surface area contributed by atoms with E-state index < -0.39 is 5.97 Å². The standard InChI is InChI=1S/C20H39NO2/c1-19(2)14-10-7-5-3-4-6-8-11-15-21(18-20(22)23)16-12-9-13-17-21/h19H,3-18H2,1-2H3. The van der Waals surface area contributed by atoms with Gasteiger partial charge in [-0.3, -0.25) is 0 Å². The van der Waals surface area contributed by atoms with Crippen molar-refractivity contribution in [3.8, 4) is 0 Å². The van der Waals surface area contributed by atoms with Crippen molar-refractivity contribution in [3.63, 3.8) is 0 Å². The lowest BCUT2D eigenvalue weighted by molar-refractivity contribution is -0.927. The molecule has 3 heteroatoms. The number of carbonyl (C=O) groups excluding carboxylic acids is 1. The van der Waals surface area contributed by atoms with Gasteiger partial charge in [0.2, 0.25) is 0 Å².